The summed E-state index contributed by atoms with van der Waals surface area (Å²) in [7, 11) is 0. The third-order valence-electron chi connectivity index (χ3n) is 3.34. The summed E-state index contributed by atoms with van der Waals surface area (Å²) >= 11 is 0.878. The van der Waals surface area contributed by atoms with Gasteiger partial charge in [0.05, 0.1) is 11.4 Å². The van der Waals surface area contributed by atoms with Gasteiger partial charge < -0.3 is 5.73 Å². The highest BCUT2D eigenvalue weighted by Gasteiger charge is 2.34. The molecule has 0 bridgehead atoms. The highest BCUT2D eigenvalue weighted by molar-refractivity contribution is 8.18. The number of imide groups is 1. The summed E-state index contributed by atoms with van der Waals surface area (Å²) in [5.41, 5.74) is 7.60. The van der Waals surface area contributed by atoms with Crippen molar-refractivity contribution in [2.24, 2.45) is 0 Å². The van der Waals surface area contributed by atoms with Gasteiger partial charge in [0.2, 0.25) is 0 Å². The minimum absolute atomic E-state index is 0.0570. The van der Waals surface area contributed by atoms with E-state index >= 15 is 0 Å². The summed E-state index contributed by atoms with van der Waals surface area (Å²) in [4.78, 5) is 25.9. The Morgan fingerprint density at radius 2 is 1.87 bits per heavy atom. The van der Waals surface area contributed by atoms with Gasteiger partial charge in [0.15, 0.2) is 0 Å². The molecule has 0 unspecified atom stereocenters. The first-order valence-electron chi connectivity index (χ1n) is 6.88. The molecule has 0 saturated carbocycles. The van der Waals surface area contributed by atoms with Crippen LogP contribution in [0.15, 0.2) is 53.4 Å². The molecule has 1 fully saturated rings. The number of carbonyl (C=O) groups excluding carboxylic acids is 2. The molecule has 2 N–H and O–H groups in total. The van der Waals surface area contributed by atoms with Gasteiger partial charge in [-0.2, -0.15) is 0 Å². The molecule has 1 saturated heterocycles. The molecule has 1 aliphatic rings. The van der Waals surface area contributed by atoms with Gasteiger partial charge >= 0.3 is 0 Å². The summed E-state index contributed by atoms with van der Waals surface area (Å²) in [6.07, 6.45) is 1.65. The molecule has 4 nitrogen and oxygen atoms in total. The van der Waals surface area contributed by atoms with E-state index in [4.69, 9.17) is 5.73 Å². The molecule has 1 aliphatic heterocycles. The molecule has 0 spiro atoms. The van der Waals surface area contributed by atoms with Gasteiger partial charge in [-0.05, 0) is 53.2 Å². The van der Waals surface area contributed by atoms with Crippen molar-refractivity contribution < 1.29 is 14.0 Å². The van der Waals surface area contributed by atoms with Crippen LogP contribution in [0.1, 0.15) is 11.1 Å². The van der Waals surface area contributed by atoms with Gasteiger partial charge in [0.1, 0.15) is 5.82 Å². The SMILES string of the molecule is Nc1ccc(/C=C2\SC(=O)N(Cc3cccc(F)c3)C2=O)cc1. The van der Waals surface area contributed by atoms with E-state index in [2.05, 4.69) is 0 Å². The van der Waals surface area contributed by atoms with Crippen molar-refractivity contribution in [3.05, 3.63) is 70.4 Å². The van der Waals surface area contributed by atoms with Crippen LogP contribution in [0.4, 0.5) is 14.9 Å². The number of thioether (sulfide) groups is 1. The van der Waals surface area contributed by atoms with Crippen LogP contribution in [0.25, 0.3) is 6.08 Å². The minimum Gasteiger partial charge on any atom is -0.399 e. The first-order chi connectivity index (χ1) is 11.0. The number of amides is 2. The van der Waals surface area contributed by atoms with Crippen LogP contribution in [0.2, 0.25) is 0 Å². The molecule has 0 aliphatic carbocycles. The van der Waals surface area contributed by atoms with Crippen LogP contribution in [-0.4, -0.2) is 16.0 Å². The van der Waals surface area contributed by atoms with Crippen molar-refractivity contribution in [3.8, 4) is 0 Å². The third-order valence-corrected chi connectivity index (χ3v) is 4.24. The predicted molar refractivity (Wildman–Crippen MR) is 88.8 cm³/mol. The normalized spacial score (nSPS) is 16.4. The lowest BCUT2D eigenvalue weighted by atomic mass is 10.2. The first kappa shape index (κ1) is 15.3. The monoisotopic (exact) mass is 328 g/mol. The topological polar surface area (TPSA) is 63.4 Å². The molecule has 0 aromatic heterocycles. The molecular weight excluding hydrogens is 315 g/mol. The van der Waals surface area contributed by atoms with E-state index in [1.165, 1.54) is 12.1 Å². The summed E-state index contributed by atoms with van der Waals surface area (Å²) in [5, 5.41) is -0.360. The second-order valence-electron chi connectivity index (χ2n) is 5.06. The number of carbonyl (C=O) groups is 2. The molecule has 0 atom stereocenters. The van der Waals surface area contributed by atoms with Crippen molar-refractivity contribution in [2.45, 2.75) is 6.54 Å². The lowest BCUT2D eigenvalue weighted by molar-refractivity contribution is -0.123. The Hall–Kier alpha value is -2.60. The summed E-state index contributed by atoms with van der Waals surface area (Å²) in [6, 6.07) is 12.9. The number of nitrogens with zero attached hydrogens (tertiary/aromatic N) is 1. The van der Waals surface area contributed by atoms with Crippen LogP contribution in [0.3, 0.4) is 0 Å². The van der Waals surface area contributed by atoms with Crippen molar-refractivity contribution >= 4 is 34.7 Å². The lowest BCUT2D eigenvalue weighted by Crippen LogP contribution is -2.27. The molecule has 2 aromatic rings. The number of benzene rings is 2. The Balaban J connectivity index is 1.81. The Morgan fingerprint density at radius 3 is 2.57 bits per heavy atom. The van der Waals surface area contributed by atoms with E-state index in [-0.39, 0.29) is 17.7 Å². The molecular formula is C17H13FN2O2S. The van der Waals surface area contributed by atoms with E-state index in [1.807, 2.05) is 0 Å². The zero-order valence-corrected chi connectivity index (χ0v) is 12.8. The maximum Gasteiger partial charge on any atom is 0.293 e. The van der Waals surface area contributed by atoms with Crippen LogP contribution < -0.4 is 5.73 Å². The lowest BCUT2D eigenvalue weighted by Gasteiger charge is -2.12. The second kappa shape index (κ2) is 6.26. The average Bonchev–Trinajstić information content (AvgIpc) is 2.77. The number of nitrogen functional groups attached to an aromatic ring is 1. The molecule has 0 radical (unpaired) electrons. The molecule has 6 heteroatoms. The number of anilines is 1. The molecule has 116 valence electrons. The van der Waals surface area contributed by atoms with Gasteiger partial charge in [-0.1, -0.05) is 24.3 Å². The Bertz CT molecular complexity index is 802. The number of hydrogen-bond acceptors (Lipinski definition) is 4. The van der Waals surface area contributed by atoms with Gasteiger partial charge in [-0.3, -0.25) is 14.5 Å². The van der Waals surface area contributed by atoms with E-state index < -0.39 is 5.82 Å². The van der Waals surface area contributed by atoms with Gasteiger partial charge in [-0.25, -0.2) is 4.39 Å². The number of rotatable bonds is 3. The Morgan fingerprint density at radius 1 is 1.13 bits per heavy atom. The fourth-order valence-corrected chi connectivity index (χ4v) is 3.04. The van der Waals surface area contributed by atoms with E-state index in [1.54, 1.807) is 42.5 Å². The zero-order chi connectivity index (χ0) is 16.4. The number of nitrogens with two attached hydrogens (primary N) is 1. The maximum absolute atomic E-state index is 13.2. The number of hydrogen-bond donors (Lipinski definition) is 1. The second-order valence-corrected chi connectivity index (χ2v) is 6.06. The van der Waals surface area contributed by atoms with Crippen LogP contribution in [0, 0.1) is 5.82 Å². The standard InChI is InChI=1S/C17H13FN2O2S/c18-13-3-1-2-12(8-13)10-20-16(21)15(23-17(20)22)9-11-4-6-14(19)7-5-11/h1-9H,10,19H2/b15-9-. The number of halogens is 1. The quantitative estimate of drug-likeness (QED) is 0.690. The van der Waals surface area contributed by atoms with Crippen molar-refractivity contribution in [1.82, 2.24) is 4.90 Å². The fraction of sp³-hybridized carbons (Fsp3) is 0.0588. The van der Waals surface area contributed by atoms with Crippen LogP contribution in [0.5, 0.6) is 0 Å². The Kier molecular flexibility index (Phi) is 4.16. The van der Waals surface area contributed by atoms with Crippen molar-refractivity contribution in [2.75, 3.05) is 5.73 Å². The highest BCUT2D eigenvalue weighted by atomic mass is 32.2. The smallest absolute Gasteiger partial charge is 0.293 e. The van der Waals surface area contributed by atoms with Crippen LogP contribution >= 0.6 is 11.8 Å². The Labute approximate surface area is 136 Å². The summed E-state index contributed by atoms with van der Waals surface area (Å²) in [6.45, 7) is 0.0570. The molecule has 1 heterocycles. The maximum atomic E-state index is 13.2. The predicted octanol–water partition coefficient (Wildman–Crippen LogP) is 3.64. The molecule has 23 heavy (non-hydrogen) atoms. The van der Waals surface area contributed by atoms with Gasteiger partial charge in [0.25, 0.3) is 11.1 Å². The van der Waals surface area contributed by atoms with Crippen LogP contribution in [-0.2, 0) is 11.3 Å². The third kappa shape index (κ3) is 3.43. The summed E-state index contributed by atoms with van der Waals surface area (Å²) < 4.78 is 13.2. The largest absolute Gasteiger partial charge is 0.399 e. The van der Waals surface area contributed by atoms with Gasteiger partial charge in [0, 0.05) is 5.69 Å². The average molecular weight is 328 g/mol. The zero-order valence-electron chi connectivity index (χ0n) is 12.0. The van der Waals surface area contributed by atoms with E-state index in [0.717, 1.165) is 22.2 Å². The molecule has 2 aromatic carbocycles. The van der Waals surface area contributed by atoms with E-state index in [9.17, 15) is 14.0 Å². The summed E-state index contributed by atoms with van der Waals surface area (Å²) in [5.74, 6) is -0.770. The fourth-order valence-electron chi connectivity index (χ4n) is 2.20. The molecule has 3 rings (SSSR count). The minimum atomic E-state index is -0.396. The van der Waals surface area contributed by atoms with E-state index in [0.29, 0.717) is 16.2 Å². The van der Waals surface area contributed by atoms with Gasteiger partial charge in [-0.15, -0.1) is 0 Å². The van der Waals surface area contributed by atoms with Crippen molar-refractivity contribution in [3.63, 3.8) is 0 Å². The first-order valence-corrected chi connectivity index (χ1v) is 7.70. The highest BCUT2D eigenvalue weighted by Crippen LogP contribution is 2.33. The van der Waals surface area contributed by atoms with Crippen molar-refractivity contribution in [1.29, 1.82) is 0 Å². The molecule has 2 amide bonds.